The van der Waals surface area contributed by atoms with Gasteiger partial charge in [-0.3, -0.25) is 14.4 Å². The monoisotopic (exact) mass is 864 g/mol. The molecule has 0 bridgehead atoms. The fourth-order valence-corrected chi connectivity index (χ4v) is 17.0. The van der Waals surface area contributed by atoms with E-state index in [1.54, 1.807) is 7.11 Å². The van der Waals surface area contributed by atoms with Crippen molar-refractivity contribution in [3.05, 3.63) is 54.5 Å². The molecule has 2 heterocycles. The van der Waals surface area contributed by atoms with Crippen LogP contribution in [0.25, 0.3) is 11.3 Å². The van der Waals surface area contributed by atoms with Crippen LogP contribution in [0.2, 0.25) is 0 Å². The van der Waals surface area contributed by atoms with Crippen molar-refractivity contribution >= 4 is 17.8 Å². The molecule has 6 saturated carbocycles. The van der Waals surface area contributed by atoms with Crippen LogP contribution in [0.1, 0.15) is 151 Å². The molecule has 9 heteroatoms. The quantitative estimate of drug-likeness (QED) is 0.187. The molecule has 0 unspecified atom stereocenters. The number of amides is 1. The Morgan fingerprint density at radius 2 is 1.59 bits per heavy atom. The summed E-state index contributed by atoms with van der Waals surface area (Å²) < 4.78 is 14.3. The second-order valence-electron chi connectivity index (χ2n) is 23.8. The average molecular weight is 864 g/mol. The van der Waals surface area contributed by atoms with Gasteiger partial charge in [0.25, 0.3) is 0 Å². The normalized spacial score (nSPS) is 41.0. The first-order valence-electron chi connectivity index (χ1n) is 24.8. The zero-order valence-electron chi connectivity index (χ0n) is 40.0. The number of ether oxygens (including phenoxy) is 2. The van der Waals surface area contributed by atoms with Crippen molar-refractivity contribution in [2.75, 3.05) is 20.3 Å². The summed E-state index contributed by atoms with van der Waals surface area (Å²) in [7, 11) is 1.75. The Morgan fingerprint density at radius 1 is 0.841 bits per heavy atom. The number of hydrogen-bond donors (Lipinski definition) is 1. The number of fused-ring (bicyclic) bond motifs is 7. The fraction of sp³-hybridized carbons (Fsp3) is 0.741. The van der Waals surface area contributed by atoms with Crippen LogP contribution in [0.5, 0.6) is 0 Å². The van der Waals surface area contributed by atoms with Gasteiger partial charge in [-0.25, -0.2) is 4.98 Å². The van der Waals surface area contributed by atoms with Crippen molar-refractivity contribution < 1.29 is 29.0 Å². The van der Waals surface area contributed by atoms with E-state index >= 15 is 4.79 Å². The van der Waals surface area contributed by atoms with Crippen molar-refractivity contribution in [1.29, 1.82) is 0 Å². The maximum Gasteiger partial charge on any atom is 0.309 e. The van der Waals surface area contributed by atoms with E-state index in [1.165, 1.54) is 12.0 Å². The fourth-order valence-electron chi connectivity index (χ4n) is 17.0. The van der Waals surface area contributed by atoms with Gasteiger partial charge in [0.05, 0.1) is 35.6 Å². The van der Waals surface area contributed by atoms with E-state index in [0.717, 1.165) is 94.3 Å². The third-order valence-corrected chi connectivity index (χ3v) is 20.8. The number of esters is 1. The van der Waals surface area contributed by atoms with E-state index in [-0.39, 0.29) is 51.6 Å². The maximum absolute atomic E-state index is 15.8. The second kappa shape index (κ2) is 15.6. The van der Waals surface area contributed by atoms with Crippen molar-refractivity contribution in [1.82, 2.24) is 14.5 Å². The van der Waals surface area contributed by atoms with Gasteiger partial charge in [0, 0.05) is 37.4 Å². The van der Waals surface area contributed by atoms with Gasteiger partial charge in [-0.15, -0.1) is 0 Å². The van der Waals surface area contributed by atoms with Crippen LogP contribution in [0.4, 0.5) is 0 Å². The van der Waals surface area contributed by atoms with Crippen LogP contribution in [-0.4, -0.2) is 63.8 Å². The predicted molar refractivity (Wildman–Crippen MR) is 245 cm³/mol. The second-order valence-corrected chi connectivity index (χ2v) is 23.8. The van der Waals surface area contributed by atoms with Crippen molar-refractivity contribution in [3.8, 4) is 11.3 Å². The van der Waals surface area contributed by atoms with E-state index in [4.69, 9.17) is 14.5 Å². The molecule has 344 valence electrons. The molecule has 9 nitrogen and oxygen atoms in total. The number of aromatic nitrogens is 2. The van der Waals surface area contributed by atoms with E-state index in [9.17, 15) is 14.7 Å². The number of methoxy groups -OCH3 is 1. The first-order chi connectivity index (χ1) is 29.8. The Labute approximate surface area is 377 Å². The van der Waals surface area contributed by atoms with Gasteiger partial charge in [0.1, 0.15) is 11.9 Å². The molecular formula is C54H77N3O6. The molecule has 0 spiro atoms. The first-order valence-corrected chi connectivity index (χ1v) is 24.8. The highest BCUT2D eigenvalue weighted by atomic mass is 16.5. The minimum atomic E-state index is -0.819. The number of carboxylic acids is 1. The number of imidazole rings is 1. The van der Waals surface area contributed by atoms with E-state index < -0.39 is 22.7 Å². The molecule has 63 heavy (non-hydrogen) atoms. The summed E-state index contributed by atoms with van der Waals surface area (Å²) in [5, 5.41) is 9.73. The van der Waals surface area contributed by atoms with Gasteiger partial charge in [0.15, 0.2) is 0 Å². The number of carbonyl (C=O) groups is 3. The Morgan fingerprint density at radius 3 is 2.27 bits per heavy atom. The molecule has 1 aromatic carbocycles. The molecule has 1 aliphatic heterocycles. The summed E-state index contributed by atoms with van der Waals surface area (Å²) in [6, 6.07) is 10.3. The molecule has 2 aromatic rings. The number of benzene rings is 1. The number of carbonyl (C=O) groups excluding carboxylic acids is 2. The Hall–Kier alpha value is -3.46. The molecule has 13 atom stereocenters. The lowest BCUT2D eigenvalue weighted by Crippen LogP contribution is -2.67. The summed E-state index contributed by atoms with van der Waals surface area (Å²) in [4.78, 5) is 49.0. The minimum Gasteiger partial charge on any atom is -0.481 e. The van der Waals surface area contributed by atoms with Crippen LogP contribution >= 0.6 is 0 Å². The highest BCUT2D eigenvalue weighted by Crippen LogP contribution is 2.78. The van der Waals surface area contributed by atoms with E-state index in [1.807, 2.05) is 19.9 Å². The average Bonchev–Trinajstić information content (AvgIpc) is 3.99. The standard InChI is InChI=1S/C54H77N3O6/c1-33(2)35-20-25-54(48(61)57-28-14-17-40(57)45-55-39(32-56(45)29-30-62-10)34-15-12-11-13-16-34)27-26-52(8)36(44(35)54)18-19-42-51(7)23-22-43(50(5,6)41(51)21-24-53(42,52)9)63-47(60)38-31-37(46(58)59)49(38,3)4/h11-13,15-16,32,35-38,40-44H,1,14,17-31H2,2-10H3,(H,58,59)/t35-,36+,37-,38+,40-,41-,42+,43-,44+,51-,52+,53+,54-/m0/s1. The Bertz CT molecular complexity index is 2130. The SMILES string of the molecule is C=C(C)[C@@H]1CC[C@]2(C(=O)N3CCC[C@H]3c3nc(-c4ccccc4)cn3CCOC)CC[C@]3(C)[C@H](CC[C@@H]4[C@@]5(C)CC[C@H](OC(=O)[C@H]6C[C@@H](C(=O)O)C6(C)C)C(C)(C)[C@@H]5CC[C@]43C)[C@@H]12. The summed E-state index contributed by atoms with van der Waals surface area (Å²) in [5.74, 6) is 1.50. The number of allylic oxidation sites excluding steroid dienone is 1. The summed E-state index contributed by atoms with van der Waals surface area (Å²) >= 11 is 0. The molecule has 1 saturated heterocycles. The van der Waals surface area contributed by atoms with Crippen LogP contribution in [-0.2, 0) is 30.4 Å². The highest BCUT2D eigenvalue weighted by Gasteiger charge is 2.72. The van der Waals surface area contributed by atoms with E-state index in [2.05, 4.69) is 88.1 Å². The summed E-state index contributed by atoms with van der Waals surface area (Å²) in [6.07, 6.45) is 14.7. The van der Waals surface area contributed by atoms with E-state index in [0.29, 0.717) is 49.2 Å². The van der Waals surface area contributed by atoms with Gasteiger partial charge < -0.3 is 24.0 Å². The lowest BCUT2D eigenvalue weighted by molar-refractivity contribution is -0.251. The lowest BCUT2D eigenvalue weighted by Gasteiger charge is -2.73. The molecular weight excluding hydrogens is 787 g/mol. The highest BCUT2D eigenvalue weighted by molar-refractivity contribution is 5.85. The number of aliphatic carboxylic acids is 1. The zero-order valence-corrected chi connectivity index (χ0v) is 40.0. The smallest absolute Gasteiger partial charge is 0.309 e. The third-order valence-electron chi connectivity index (χ3n) is 20.8. The topological polar surface area (TPSA) is 111 Å². The maximum atomic E-state index is 15.8. The van der Waals surface area contributed by atoms with Gasteiger partial charge in [0.2, 0.25) is 5.91 Å². The molecule has 7 fully saturated rings. The molecule has 1 N–H and O–H groups in total. The number of rotatable bonds is 10. The summed E-state index contributed by atoms with van der Waals surface area (Å²) in [5.41, 5.74) is 2.43. The molecule has 9 rings (SSSR count). The van der Waals surface area contributed by atoms with Gasteiger partial charge in [-0.05, 0) is 142 Å². The first kappa shape index (κ1) is 44.7. The minimum absolute atomic E-state index is 0.0536. The Balaban J connectivity index is 0.982. The largest absolute Gasteiger partial charge is 0.481 e. The lowest BCUT2D eigenvalue weighted by atomic mass is 9.32. The zero-order chi connectivity index (χ0) is 45.1. The molecule has 6 aliphatic carbocycles. The van der Waals surface area contributed by atoms with Crippen molar-refractivity contribution in [3.63, 3.8) is 0 Å². The predicted octanol–water partition coefficient (Wildman–Crippen LogP) is 11.2. The Kier molecular flexibility index (Phi) is 11.1. The number of carboxylic acid groups (broad SMARTS) is 1. The van der Waals surface area contributed by atoms with Gasteiger partial charge >= 0.3 is 11.9 Å². The van der Waals surface area contributed by atoms with Gasteiger partial charge in [-0.2, -0.15) is 0 Å². The molecule has 7 aliphatic rings. The number of likely N-dealkylation sites (tertiary alicyclic amines) is 1. The van der Waals surface area contributed by atoms with Crippen LogP contribution < -0.4 is 0 Å². The molecule has 1 aromatic heterocycles. The number of nitrogens with zero attached hydrogens (tertiary/aromatic N) is 3. The van der Waals surface area contributed by atoms with Gasteiger partial charge in [-0.1, -0.05) is 91.0 Å². The number of hydrogen-bond acceptors (Lipinski definition) is 6. The van der Waals surface area contributed by atoms with Crippen molar-refractivity contribution in [2.45, 2.75) is 158 Å². The molecule has 1 amide bonds. The van der Waals surface area contributed by atoms with Crippen molar-refractivity contribution in [2.24, 2.45) is 73.9 Å². The van der Waals surface area contributed by atoms with Crippen LogP contribution in [0.15, 0.2) is 48.7 Å². The van der Waals surface area contributed by atoms with Crippen LogP contribution in [0, 0.1) is 73.9 Å². The third kappa shape index (κ3) is 6.51. The van der Waals surface area contributed by atoms with Crippen LogP contribution in [0.3, 0.4) is 0 Å². The molecule has 0 radical (unpaired) electrons. The summed E-state index contributed by atoms with van der Waals surface area (Å²) in [6.45, 7) is 25.4.